The van der Waals surface area contributed by atoms with Gasteiger partial charge in [0.15, 0.2) is 0 Å². The number of fused-ring (bicyclic) bond motifs is 1. The molecule has 0 radical (unpaired) electrons. The minimum atomic E-state index is -1.51. The molecule has 1 fully saturated rings. The first kappa shape index (κ1) is 12.5. The Bertz CT molecular complexity index is 577. The highest BCUT2D eigenvalue weighted by atomic mass is 16.5. The molecule has 19 heavy (non-hydrogen) atoms. The highest BCUT2D eigenvalue weighted by Crippen LogP contribution is 2.25. The molecule has 1 aliphatic carbocycles. The Kier molecular flexibility index (Phi) is 3.45. The van der Waals surface area contributed by atoms with Crippen molar-refractivity contribution in [3.8, 4) is 5.75 Å². The summed E-state index contributed by atoms with van der Waals surface area (Å²) in [5.74, 6) is 0.598. The van der Waals surface area contributed by atoms with Crippen molar-refractivity contribution in [2.24, 2.45) is 0 Å². The second kappa shape index (κ2) is 5.23. The van der Waals surface area contributed by atoms with Crippen molar-refractivity contribution >= 4 is 23.4 Å². The zero-order chi connectivity index (χ0) is 13.2. The minimum Gasteiger partial charge on any atom is -0.491 e. The van der Waals surface area contributed by atoms with Crippen LogP contribution in [-0.4, -0.2) is 23.3 Å². The Hall–Kier alpha value is -1.52. The van der Waals surface area contributed by atoms with Gasteiger partial charge in [0.05, 0.1) is 6.10 Å². The van der Waals surface area contributed by atoms with Crippen LogP contribution in [0.15, 0.2) is 36.4 Å². The summed E-state index contributed by atoms with van der Waals surface area (Å²) in [6, 6.07) is 11.5. The molecule has 4 heteroatoms. The van der Waals surface area contributed by atoms with Crippen LogP contribution in [0.25, 0.3) is 10.8 Å². The molecule has 2 N–H and O–H groups in total. The van der Waals surface area contributed by atoms with Gasteiger partial charge in [0.25, 0.3) is 0 Å². The van der Waals surface area contributed by atoms with Crippen LogP contribution in [-0.2, 0) is 0 Å². The van der Waals surface area contributed by atoms with Crippen molar-refractivity contribution in [1.82, 2.24) is 0 Å². The molecule has 1 aliphatic rings. The largest absolute Gasteiger partial charge is 0.492 e. The molecule has 2 aromatic carbocycles. The molecule has 0 atom stereocenters. The molecule has 3 rings (SSSR count). The van der Waals surface area contributed by atoms with Crippen molar-refractivity contribution < 1.29 is 14.8 Å². The second-order valence-electron chi connectivity index (χ2n) is 5.10. The van der Waals surface area contributed by atoms with E-state index >= 15 is 0 Å². The molecule has 0 amide bonds. The monoisotopic (exact) mass is 256 g/mol. The molecule has 3 nitrogen and oxygen atoms in total. The van der Waals surface area contributed by atoms with Gasteiger partial charge in [-0.25, -0.2) is 0 Å². The highest BCUT2D eigenvalue weighted by Gasteiger charge is 2.24. The zero-order valence-corrected chi connectivity index (χ0v) is 10.7. The van der Waals surface area contributed by atoms with Gasteiger partial charge in [-0.1, -0.05) is 30.3 Å². The van der Waals surface area contributed by atoms with Crippen molar-refractivity contribution in [2.75, 3.05) is 0 Å². The standard InChI is InChI=1S/C15H17BO3/c17-16(18)15-13-8-4-1-5-11(13)9-10-14(15)19-12-6-2-3-7-12/h1,4-5,8-10,12,17-18H,2-3,6-7H2. The van der Waals surface area contributed by atoms with Crippen LogP contribution in [0.5, 0.6) is 5.75 Å². The summed E-state index contributed by atoms with van der Waals surface area (Å²) in [4.78, 5) is 0. The van der Waals surface area contributed by atoms with E-state index in [1.807, 2.05) is 36.4 Å². The van der Waals surface area contributed by atoms with Crippen LogP contribution in [0.2, 0.25) is 0 Å². The van der Waals surface area contributed by atoms with Gasteiger partial charge >= 0.3 is 7.12 Å². The van der Waals surface area contributed by atoms with Crippen LogP contribution >= 0.6 is 0 Å². The third kappa shape index (κ3) is 2.46. The van der Waals surface area contributed by atoms with Gasteiger partial charge in [-0.15, -0.1) is 0 Å². The first-order valence-corrected chi connectivity index (χ1v) is 6.80. The minimum absolute atomic E-state index is 0.207. The first-order valence-electron chi connectivity index (χ1n) is 6.80. The third-order valence-corrected chi connectivity index (χ3v) is 3.78. The molecule has 0 saturated heterocycles. The maximum atomic E-state index is 9.65. The summed E-state index contributed by atoms with van der Waals surface area (Å²) in [5, 5.41) is 21.1. The van der Waals surface area contributed by atoms with E-state index in [-0.39, 0.29) is 6.10 Å². The number of benzene rings is 2. The summed E-state index contributed by atoms with van der Waals surface area (Å²) >= 11 is 0. The molecular formula is C15H17BO3. The third-order valence-electron chi connectivity index (χ3n) is 3.78. The van der Waals surface area contributed by atoms with Gasteiger partial charge in [0, 0.05) is 5.46 Å². The van der Waals surface area contributed by atoms with Crippen LogP contribution in [0, 0.1) is 0 Å². The highest BCUT2D eigenvalue weighted by molar-refractivity contribution is 6.63. The number of rotatable bonds is 3. The summed E-state index contributed by atoms with van der Waals surface area (Å²) < 4.78 is 5.96. The molecule has 0 unspecified atom stereocenters. The smallest absolute Gasteiger partial charge is 0.491 e. The average molecular weight is 256 g/mol. The number of hydrogen-bond donors (Lipinski definition) is 2. The molecule has 0 spiro atoms. The Balaban J connectivity index is 2.04. The summed E-state index contributed by atoms with van der Waals surface area (Å²) in [5.41, 5.74) is 0.477. The fourth-order valence-electron chi connectivity index (χ4n) is 2.83. The van der Waals surface area contributed by atoms with E-state index in [1.165, 1.54) is 12.8 Å². The molecule has 0 bridgehead atoms. The van der Waals surface area contributed by atoms with E-state index in [0.717, 1.165) is 23.6 Å². The SMILES string of the molecule is OB(O)c1c(OC2CCCC2)ccc2ccccc12. The Morgan fingerprint density at radius 1 is 1.00 bits per heavy atom. The number of ether oxygens (including phenoxy) is 1. The van der Waals surface area contributed by atoms with Crippen molar-refractivity contribution in [3.05, 3.63) is 36.4 Å². The van der Waals surface area contributed by atoms with E-state index in [2.05, 4.69) is 0 Å². The van der Waals surface area contributed by atoms with E-state index in [4.69, 9.17) is 4.74 Å². The zero-order valence-electron chi connectivity index (χ0n) is 10.7. The fourth-order valence-corrected chi connectivity index (χ4v) is 2.83. The Morgan fingerprint density at radius 3 is 2.47 bits per heavy atom. The van der Waals surface area contributed by atoms with E-state index in [0.29, 0.717) is 11.2 Å². The van der Waals surface area contributed by atoms with E-state index < -0.39 is 7.12 Å². The lowest BCUT2D eigenvalue weighted by Crippen LogP contribution is -2.33. The lowest BCUT2D eigenvalue weighted by molar-refractivity contribution is 0.211. The molecule has 98 valence electrons. The topological polar surface area (TPSA) is 49.7 Å². The van der Waals surface area contributed by atoms with Crippen molar-refractivity contribution in [2.45, 2.75) is 31.8 Å². The lowest BCUT2D eigenvalue weighted by Gasteiger charge is -2.18. The van der Waals surface area contributed by atoms with Gasteiger partial charge < -0.3 is 14.8 Å². The fraction of sp³-hybridized carbons (Fsp3) is 0.333. The predicted octanol–water partition coefficient (Wildman–Crippen LogP) is 1.84. The van der Waals surface area contributed by atoms with Crippen molar-refractivity contribution in [1.29, 1.82) is 0 Å². The van der Waals surface area contributed by atoms with Gasteiger partial charge in [-0.05, 0) is 42.5 Å². The molecular weight excluding hydrogens is 239 g/mol. The van der Waals surface area contributed by atoms with Gasteiger partial charge in [-0.3, -0.25) is 0 Å². The van der Waals surface area contributed by atoms with Crippen LogP contribution in [0.4, 0.5) is 0 Å². The van der Waals surface area contributed by atoms with Crippen LogP contribution < -0.4 is 10.2 Å². The molecule has 0 aromatic heterocycles. The van der Waals surface area contributed by atoms with Crippen LogP contribution in [0.3, 0.4) is 0 Å². The molecule has 0 heterocycles. The second-order valence-corrected chi connectivity index (χ2v) is 5.10. The average Bonchev–Trinajstić information content (AvgIpc) is 2.91. The molecule has 0 aliphatic heterocycles. The lowest BCUT2D eigenvalue weighted by atomic mass is 9.76. The maximum absolute atomic E-state index is 9.65. The summed E-state index contributed by atoms with van der Waals surface area (Å²) in [6.45, 7) is 0. The quantitative estimate of drug-likeness (QED) is 0.824. The first-order chi connectivity index (χ1) is 9.25. The van der Waals surface area contributed by atoms with Gasteiger partial charge in [0.1, 0.15) is 5.75 Å². The molecule has 1 saturated carbocycles. The maximum Gasteiger partial charge on any atom is 0.492 e. The van der Waals surface area contributed by atoms with Crippen molar-refractivity contribution in [3.63, 3.8) is 0 Å². The Labute approximate surface area is 113 Å². The summed E-state index contributed by atoms with van der Waals surface area (Å²) in [6.07, 6.45) is 4.69. The van der Waals surface area contributed by atoms with E-state index in [1.54, 1.807) is 0 Å². The van der Waals surface area contributed by atoms with E-state index in [9.17, 15) is 10.0 Å². The van der Waals surface area contributed by atoms with Crippen LogP contribution in [0.1, 0.15) is 25.7 Å². The van der Waals surface area contributed by atoms with Gasteiger partial charge in [0.2, 0.25) is 0 Å². The van der Waals surface area contributed by atoms with Gasteiger partial charge in [-0.2, -0.15) is 0 Å². The molecule has 2 aromatic rings. The Morgan fingerprint density at radius 2 is 1.74 bits per heavy atom. The predicted molar refractivity (Wildman–Crippen MR) is 76.7 cm³/mol. The number of hydrogen-bond acceptors (Lipinski definition) is 3. The normalized spacial score (nSPS) is 15.9. The summed E-state index contributed by atoms with van der Waals surface area (Å²) in [7, 11) is -1.51.